The molecular formula is C18H24N6O. The number of nitrogens with zero attached hydrogens (tertiary/aromatic N) is 5. The van der Waals surface area contributed by atoms with Gasteiger partial charge in [-0.3, -0.25) is 0 Å². The molecule has 4 rings (SSSR count). The fourth-order valence-electron chi connectivity index (χ4n) is 4.06. The molecule has 3 heterocycles. The van der Waals surface area contributed by atoms with Crippen LogP contribution >= 0.6 is 0 Å². The third-order valence-corrected chi connectivity index (χ3v) is 5.48. The van der Waals surface area contributed by atoms with Crippen LogP contribution in [0, 0.1) is 11.8 Å². The van der Waals surface area contributed by atoms with Crippen molar-refractivity contribution < 1.29 is 4.79 Å². The van der Waals surface area contributed by atoms with Crippen molar-refractivity contribution in [3.05, 3.63) is 36.5 Å². The Balaban J connectivity index is 1.30. The third kappa shape index (κ3) is 3.65. The number of pyridine rings is 1. The summed E-state index contributed by atoms with van der Waals surface area (Å²) in [6, 6.07) is 3.88. The molecule has 0 aromatic carbocycles. The molecule has 7 nitrogen and oxygen atoms in total. The summed E-state index contributed by atoms with van der Waals surface area (Å²) >= 11 is 0. The van der Waals surface area contributed by atoms with E-state index in [0.29, 0.717) is 18.3 Å². The van der Waals surface area contributed by atoms with Gasteiger partial charge in [-0.2, -0.15) is 5.10 Å². The zero-order chi connectivity index (χ0) is 17.1. The average Bonchev–Trinajstić information content (AvgIpc) is 3.21. The van der Waals surface area contributed by atoms with Gasteiger partial charge in [-0.25, -0.2) is 19.4 Å². The molecule has 1 saturated heterocycles. The summed E-state index contributed by atoms with van der Waals surface area (Å²) in [6.07, 6.45) is 11.3. The first-order chi connectivity index (χ1) is 12.3. The monoisotopic (exact) mass is 340 g/mol. The number of carbonyl (C=O) groups is 1. The number of aromatic nitrogens is 4. The highest BCUT2D eigenvalue weighted by molar-refractivity contribution is 5.74. The van der Waals surface area contributed by atoms with Crippen LogP contribution in [-0.4, -0.2) is 43.8 Å². The van der Waals surface area contributed by atoms with Crippen molar-refractivity contribution in [1.82, 2.24) is 30.0 Å². The highest BCUT2D eigenvalue weighted by atomic mass is 16.2. The Morgan fingerprint density at radius 2 is 2.08 bits per heavy atom. The van der Waals surface area contributed by atoms with E-state index in [2.05, 4.69) is 20.4 Å². The van der Waals surface area contributed by atoms with Crippen LogP contribution in [0.1, 0.15) is 37.7 Å². The second-order valence-electron chi connectivity index (χ2n) is 7.06. The van der Waals surface area contributed by atoms with Crippen molar-refractivity contribution in [3.8, 4) is 5.82 Å². The second kappa shape index (κ2) is 7.21. The van der Waals surface area contributed by atoms with Gasteiger partial charge in [0.05, 0.1) is 0 Å². The molecule has 1 saturated carbocycles. The van der Waals surface area contributed by atoms with Gasteiger partial charge in [0.1, 0.15) is 12.7 Å². The Labute approximate surface area is 147 Å². The lowest BCUT2D eigenvalue weighted by Crippen LogP contribution is -2.48. The SMILES string of the molecule is O=C(NCc1ccc(-n2cncn2)nc1)N1CC[C@@H]2CCCC[C@H]2C1. The van der Waals surface area contributed by atoms with Gasteiger partial charge in [0.25, 0.3) is 0 Å². The number of urea groups is 1. The van der Waals surface area contributed by atoms with Crippen molar-refractivity contribution in [2.75, 3.05) is 13.1 Å². The molecular weight excluding hydrogens is 316 g/mol. The number of amides is 2. The molecule has 0 radical (unpaired) electrons. The van der Waals surface area contributed by atoms with Crippen LogP contribution < -0.4 is 5.32 Å². The standard InChI is InChI=1S/C18H24N6O/c25-18(23-8-7-15-3-1-2-4-16(15)11-23)21-10-14-5-6-17(20-9-14)24-13-19-12-22-24/h5-6,9,12-13,15-16H,1-4,7-8,10-11H2,(H,21,25)/t15-,16-/m0/s1. The maximum absolute atomic E-state index is 12.5. The lowest BCUT2D eigenvalue weighted by atomic mass is 9.75. The Hall–Kier alpha value is -2.44. The first-order valence-electron chi connectivity index (χ1n) is 9.12. The Kier molecular flexibility index (Phi) is 4.63. The topological polar surface area (TPSA) is 75.9 Å². The van der Waals surface area contributed by atoms with E-state index >= 15 is 0 Å². The zero-order valence-corrected chi connectivity index (χ0v) is 14.3. The Bertz CT molecular complexity index is 699. The lowest BCUT2D eigenvalue weighted by Gasteiger charge is -2.41. The minimum atomic E-state index is 0.0457. The Morgan fingerprint density at radius 1 is 1.20 bits per heavy atom. The predicted molar refractivity (Wildman–Crippen MR) is 93.0 cm³/mol. The van der Waals surface area contributed by atoms with Gasteiger partial charge in [0.15, 0.2) is 5.82 Å². The van der Waals surface area contributed by atoms with Crippen LogP contribution in [0.25, 0.3) is 5.82 Å². The van der Waals surface area contributed by atoms with Crippen molar-refractivity contribution in [3.63, 3.8) is 0 Å². The van der Waals surface area contributed by atoms with Crippen molar-refractivity contribution in [1.29, 1.82) is 0 Å². The Morgan fingerprint density at radius 3 is 2.84 bits per heavy atom. The summed E-state index contributed by atoms with van der Waals surface area (Å²) in [5, 5.41) is 7.08. The van der Waals surface area contributed by atoms with Gasteiger partial charge in [-0.15, -0.1) is 0 Å². The maximum Gasteiger partial charge on any atom is 0.317 e. The molecule has 2 atom stereocenters. The molecule has 2 aromatic rings. The van der Waals surface area contributed by atoms with Crippen molar-refractivity contribution in [2.45, 2.75) is 38.6 Å². The van der Waals surface area contributed by atoms with E-state index in [0.717, 1.165) is 31.0 Å². The van der Waals surface area contributed by atoms with E-state index in [1.165, 1.54) is 32.0 Å². The smallest absolute Gasteiger partial charge is 0.317 e. The van der Waals surface area contributed by atoms with Crippen molar-refractivity contribution in [2.24, 2.45) is 11.8 Å². The van der Waals surface area contributed by atoms with E-state index in [4.69, 9.17) is 0 Å². The van der Waals surface area contributed by atoms with Crippen LogP contribution in [-0.2, 0) is 6.54 Å². The molecule has 0 spiro atoms. The molecule has 0 bridgehead atoms. The molecule has 0 unspecified atom stereocenters. The predicted octanol–water partition coefficient (Wildman–Crippen LogP) is 2.38. The normalized spacial score (nSPS) is 23.1. The molecule has 7 heteroatoms. The van der Waals surface area contributed by atoms with E-state index in [1.807, 2.05) is 17.0 Å². The molecule has 2 aromatic heterocycles. The summed E-state index contributed by atoms with van der Waals surface area (Å²) in [7, 11) is 0. The minimum absolute atomic E-state index is 0.0457. The molecule has 1 aliphatic heterocycles. The number of carbonyl (C=O) groups excluding carboxylic acids is 1. The van der Waals surface area contributed by atoms with E-state index in [9.17, 15) is 4.79 Å². The van der Waals surface area contributed by atoms with Crippen LogP contribution in [0.4, 0.5) is 4.79 Å². The number of nitrogens with one attached hydrogen (secondary N) is 1. The second-order valence-corrected chi connectivity index (χ2v) is 7.06. The van der Waals surface area contributed by atoms with E-state index in [-0.39, 0.29) is 6.03 Å². The highest BCUT2D eigenvalue weighted by Crippen LogP contribution is 2.35. The molecule has 2 fully saturated rings. The molecule has 2 aliphatic rings. The number of rotatable bonds is 3. The molecule has 1 N–H and O–H groups in total. The largest absolute Gasteiger partial charge is 0.334 e. The molecule has 132 valence electrons. The van der Waals surface area contributed by atoms with Crippen LogP contribution in [0.5, 0.6) is 0 Å². The first kappa shape index (κ1) is 16.1. The number of piperidine rings is 1. The number of fused-ring (bicyclic) bond motifs is 1. The summed E-state index contributed by atoms with van der Waals surface area (Å²) in [5.74, 6) is 2.26. The van der Waals surface area contributed by atoms with Gasteiger partial charge < -0.3 is 10.2 Å². The minimum Gasteiger partial charge on any atom is -0.334 e. The summed E-state index contributed by atoms with van der Waals surface area (Å²) in [5.41, 5.74) is 0.977. The summed E-state index contributed by atoms with van der Waals surface area (Å²) in [6.45, 7) is 2.30. The lowest BCUT2D eigenvalue weighted by molar-refractivity contribution is 0.102. The maximum atomic E-state index is 12.5. The third-order valence-electron chi connectivity index (χ3n) is 5.48. The number of hydrogen-bond donors (Lipinski definition) is 1. The van der Waals surface area contributed by atoms with Crippen LogP contribution in [0.15, 0.2) is 31.0 Å². The average molecular weight is 340 g/mol. The van der Waals surface area contributed by atoms with Gasteiger partial charge in [0, 0.05) is 25.8 Å². The van der Waals surface area contributed by atoms with Gasteiger partial charge in [0.2, 0.25) is 0 Å². The summed E-state index contributed by atoms with van der Waals surface area (Å²) in [4.78, 5) is 22.7. The van der Waals surface area contributed by atoms with Crippen molar-refractivity contribution >= 4 is 6.03 Å². The van der Waals surface area contributed by atoms with Crippen LogP contribution in [0.2, 0.25) is 0 Å². The fraction of sp³-hybridized carbons (Fsp3) is 0.556. The van der Waals surface area contributed by atoms with E-state index < -0.39 is 0 Å². The molecule has 1 aliphatic carbocycles. The van der Waals surface area contributed by atoms with E-state index in [1.54, 1.807) is 17.2 Å². The quantitative estimate of drug-likeness (QED) is 0.931. The first-order valence-corrected chi connectivity index (χ1v) is 9.12. The van der Waals surface area contributed by atoms with Gasteiger partial charge in [-0.1, -0.05) is 25.3 Å². The number of hydrogen-bond acceptors (Lipinski definition) is 4. The highest BCUT2D eigenvalue weighted by Gasteiger charge is 2.32. The number of likely N-dealkylation sites (tertiary alicyclic amines) is 1. The fourth-order valence-corrected chi connectivity index (χ4v) is 4.06. The van der Waals surface area contributed by atoms with Crippen LogP contribution in [0.3, 0.4) is 0 Å². The molecule has 2 amide bonds. The molecule has 25 heavy (non-hydrogen) atoms. The van der Waals surface area contributed by atoms with Gasteiger partial charge in [-0.05, 0) is 36.3 Å². The zero-order valence-electron chi connectivity index (χ0n) is 14.3. The summed E-state index contributed by atoms with van der Waals surface area (Å²) < 4.78 is 1.61. The van der Waals surface area contributed by atoms with Gasteiger partial charge >= 0.3 is 6.03 Å².